The summed E-state index contributed by atoms with van der Waals surface area (Å²) in [6, 6.07) is 7.15. The van der Waals surface area contributed by atoms with E-state index in [0.29, 0.717) is 12.1 Å². The van der Waals surface area contributed by atoms with E-state index in [1.807, 2.05) is 12.3 Å². The first kappa shape index (κ1) is 10.0. The molecule has 4 atom stereocenters. The van der Waals surface area contributed by atoms with Gasteiger partial charge in [0.05, 0.1) is 5.69 Å². The van der Waals surface area contributed by atoms with Crippen LogP contribution in [0.15, 0.2) is 36.5 Å². The van der Waals surface area contributed by atoms with E-state index in [1.165, 1.54) is 12.8 Å². The highest BCUT2D eigenvalue weighted by atomic mass is 15.0. The van der Waals surface area contributed by atoms with Crippen LogP contribution in [-0.2, 0) is 0 Å². The third kappa shape index (κ3) is 1.67. The highest BCUT2D eigenvalue weighted by Crippen LogP contribution is 2.43. The molecular weight excluding hydrogens is 196 g/mol. The molecule has 2 nitrogen and oxygen atoms in total. The van der Waals surface area contributed by atoms with Crippen molar-refractivity contribution in [3.05, 3.63) is 42.2 Å². The van der Waals surface area contributed by atoms with Crippen LogP contribution in [0.3, 0.4) is 0 Å². The van der Waals surface area contributed by atoms with Gasteiger partial charge in [0.1, 0.15) is 0 Å². The van der Waals surface area contributed by atoms with Gasteiger partial charge in [-0.05, 0) is 43.7 Å². The molecule has 0 aliphatic heterocycles. The van der Waals surface area contributed by atoms with Crippen molar-refractivity contribution in [2.24, 2.45) is 11.8 Å². The Balaban J connectivity index is 1.61. The summed E-state index contributed by atoms with van der Waals surface area (Å²) in [5.41, 5.74) is 1.15. The Morgan fingerprint density at radius 2 is 2.38 bits per heavy atom. The fourth-order valence-corrected chi connectivity index (χ4v) is 2.95. The average molecular weight is 214 g/mol. The van der Waals surface area contributed by atoms with E-state index in [-0.39, 0.29) is 0 Å². The molecule has 0 bridgehead atoms. The number of rotatable bonds is 3. The summed E-state index contributed by atoms with van der Waals surface area (Å²) in [4.78, 5) is 4.40. The van der Waals surface area contributed by atoms with Gasteiger partial charge < -0.3 is 5.32 Å². The summed E-state index contributed by atoms with van der Waals surface area (Å²) < 4.78 is 0. The number of hydrogen-bond donors (Lipinski definition) is 1. The van der Waals surface area contributed by atoms with Crippen LogP contribution in [0.25, 0.3) is 0 Å². The Kier molecular flexibility index (Phi) is 2.52. The molecule has 2 aliphatic carbocycles. The van der Waals surface area contributed by atoms with Crippen molar-refractivity contribution in [1.29, 1.82) is 0 Å². The summed E-state index contributed by atoms with van der Waals surface area (Å²) in [6.45, 7) is 2.20. The highest BCUT2D eigenvalue weighted by molar-refractivity contribution is 5.15. The minimum atomic E-state index is 0.362. The maximum Gasteiger partial charge on any atom is 0.0570 e. The first-order valence-electron chi connectivity index (χ1n) is 6.18. The fraction of sp³-hybridized carbons (Fsp3) is 0.500. The molecule has 2 aliphatic rings. The second-order valence-corrected chi connectivity index (χ2v) is 4.99. The lowest BCUT2D eigenvalue weighted by Gasteiger charge is -2.42. The van der Waals surface area contributed by atoms with Gasteiger partial charge in [0.2, 0.25) is 0 Å². The zero-order chi connectivity index (χ0) is 11.0. The van der Waals surface area contributed by atoms with Gasteiger partial charge in [0.25, 0.3) is 0 Å². The third-order valence-corrected chi connectivity index (χ3v) is 3.96. The Morgan fingerprint density at radius 1 is 1.44 bits per heavy atom. The zero-order valence-electron chi connectivity index (χ0n) is 9.63. The molecule has 16 heavy (non-hydrogen) atoms. The van der Waals surface area contributed by atoms with Gasteiger partial charge in [-0.15, -0.1) is 0 Å². The van der Waals surface area contributed by atoms with Crippen molar-refractivity contribution >= 4 is 0 Å². The molecule has 3 unspecified atom stereocenters. The molecule has 0 saturated heterocycles. The number of pyridine rings is 1. The number of nitrogens with one attached hydrogen (secondary N) is 1. The van der Waals surface area contributed by atoms with Crippen molar-refractivity contribution in [3.8, 4) is 0 Å². The molecule has 0 amide bonds. The van der Waals surface area contributed by atoms with Crippen LogP contribution >= 0.6 is 0 Å². The first-order valence-corrected chi connectivity index (χ1v) is 6.18. The maximum absolute atomic E-state index is 4.40. The van der Waals surface area contributed by atoms with Crippen LogP contribution in [0.4, 0.5) is 0 Å². The Morgan fingerprint density at radius 3 is 3.12 bits per heavy atom. The van der Waals surface area contributed by atoms with E-state index in [4.69, 9.17) is 0 Å². The SMILES string of the molecule is C[C@H](NC1CC2CC=CC21)c1ccccn1. The number of fused-ring (bicyclic) bond motifs is 1. The van der Waals surface area contributed by atoms with Gasteiger partial charge >= 0.3 is 0 Å². The molecule has 1 heterocycles. The van der Waals surface area contributed by atoms with E-state index in [1.54, 1.807) is 0 Å². The second kappa shape index (κ2) is 4.02. The molecule has 1 N–H and O–H groups in total. The zero-order valence-corrected chi connectivity index (χ0v) is 9.63. The van der Waals surface area contributed by atoms with Gasteiger partial charge in [-0.3, -0.25) is 4.98 Å². The van der Waals surface area contributed by atoms with E-state index in [0.717, 1.165) is 17.5 Å². The predicted octanol–water partition coefficient (Wildman–Crippen LogP) is 2.70. The Hall–Kier alpha value is -1.15. The average Bonchev–Trinajstić information content (AvgIpc) is 2.68. The normalized spacial score (nSPS) is 33.2. The molecule has 1 aromatic rings. The number of allylic oxidation sites excluding steroid dienone is 1. The largest absolute Gasteiger partial charge is 0.305 e. The summed E-state index contributed by atoms with van der Waals surface area (Å²) in [7, 11) is 0. The molecule has 3 rings (SSSR count). The summed E-state index contributed by atoms with van der Waals surface area (Å²) in [5.74, 6) is 1.71. The van der Waals surface area contributed by atoms with Crippen LogP contribution in [-0.4, -0.2) is 11.0 Å². The topological polar surface area (TPSA) is 24.9 Å². The summed E-state index contributed by atoms with van der Waals surface area (Å²) >= 11 is 0. The van der Waals surface area contributed by atoms with Gasteiger partial charge in [-0.25, -0.2) is 0 Å². The van der Waals surface area contributed by atoms with Crippen LogP contribution < -0.4 is 5.32 Å². The molecule has 84 valence electrons. The number of aromatic nitrogens is 1. The number of hydrogen-bond acceptors (Lipinski definition) is 2. The van der Waals surface area contributed by atoms with Crippen LogP contribution in [0, 0.1) is 11.8 Å². The van der Waals surface area contributed by atoms with Gasteiger partial charge in [0, 0.05) is 18.3 Å². The highest BCUT2D eigenvalue weighted by Gasteiger charge is 2.41. The smallest absolute Gasteiger partial charge is 0.0570 e. The lowest BCUT2D eigenvalue weighted by Crippen LogP contribution is -2.48. The first-order chi connectivity index (χ1) is 7.84. The van der Waals surface area contributed by atoms with Gasteiger partial charge in [-0.1, -0.05) is 18.2 Å². The molecule has 0 aromatic carbocycles. The quantitative estimate of drug-likeness (QED) is 0.782. The van der Waals surface area contributed by atoms with Crippen molar-refractivity contribution in [1.82, 2.24) is 10.3 Å². The summed E-state index contributed by atoms with van der Waals surface area (Å²) in [6.07, 6.45) is 9.21. The molecule has 1 fully saturated rings. The van der Waals surface area contributed by atoms with Crippen molar-refractivity contribution < 1.29 is 0 Å². The standard InChI is InChI=1S/C14H18N2/c1-10(13-7-2-3-8-15-13)16-14-9-11-5-4-6-12(11)14/h2-4,6-8,10-12,14,16H,5,9H2,1H3/t10-,11?,12?,14?/m0/s1. The van der Waals surface area contributed by atoms with Gasteiger partial charge in [0.15, 0.2) is 0 Å². The molecule has 1 saturated carbocycles. The van der Waals surface area contributed by atoms with Crippen molar-refractivity contribution in [2.45, 2.75) is 31.8 Å². The Bertz CT molecular complexity index is 385. The fourth-order valence-electron chi connectivity index (χ4n) is 2.95. The molecule has 1 aromatic heterocycles. The van der Waals surface area contributed by atoms with Crippen molar-refractivity contribution in [2.75, 3.05) is 0 Å². The maximum atomic E-state index is 4.40. The van der Waals surface area contributed by atoms with Crippen LogP contribution in [0.2, 0.25) is 0 Å². The Labute approximate surface area is 96.8 Å². The van der Waals surface area contributed by atoms with E-state index < -0.39 is 0 Å². The minimum absolute atomic E-state index is 0.362. The van der Waals surface area contributed by atoms with Crippen molar-refractivity contribution in [3.63, 3.8) is 0 Å². The molecule has 0 spiro atoms. The van der Waals surface area contributed by atoms with E-state index in [9.17, 15) is 0 Å². The summed E-state index contributed by atoms with van der Waals surface area (Å²) in [5, 5.41) is 3.69. The second-order valence-electron chi connectivity index (χ2n) is 4.99. The minimum Gasteiger partial charge on any atom is -0.305 e. The van der Waals surface area contributed by atoms with Crippen LogP contribution in [0.5, 0.6) is 0 Å². The third-order valence-electron chi connectivity index (χ3n) is 3.96. The van der Waals surface area contributed by atoms with Gasteiger partial charge in [-0.2, -0.15) is 0 Å². The number of nitrogens with zero attached hydrogens (tertiary/aromatic N) is 1. The van der Waals surface area contributed by atoms with E-state index >= 15 is 0 Å². The lowest BCUT2D eigenvalue weighted by atomic mass is 9.71. The van der Waals surface area contributed by atoms with Crippen LogP contribution in [0.1, 0.15) is 31.5 Å². The monoisotopic (exact) mass is 214 g/mol. The molecular formula is C14H18N2. The van der Waals surface area contributed by atoms with E-state index in [2.05, 4.69) is 41.5 Å². The predicted molar refractivity (Wildman–Crippen MR) is 64.9 cm³/mol. The molecule has 2 heteroatoms. The molecule has 0 radical (unpaired) electrons. The lowest BCUT2D eigenvalue weighted by molar-refractivity contribution is 0.152.